The number of rotatable bonds is 0. The van der Waals surface area contributed by atoms with Crippen LogP contribution >= 0.6 is 0 Å². The molecule has 0 saturated carbocycles. The van der Waals surface area contributed by atoms with Crippen LogP contribution in [0.3, 0.4) is 0 Å². The van der Waals surface area contributed by atoms with E-state index >= 15 is 0 Å². The molecule has 0 atom stereocenters. The van der Waals surface area contributed by atoms with Gasteiger partial charge in [0.1, 0.15) is 18.3 Å². The van der Waals surface area contributed by atoms with Crippen molar-refractivity contribution in [2.75, 3.05) is 0 Å². The summed E-state index contributed by atoms with van der Waals surface area (Å²) in [5.41, 5.74) is 0.924. The number of carbonyl (C=O) groups is 1. The van der Waals surface area contributed by atoms with Crippen molar-refractivity contribution in [3.05, 3.63) is 60.2 Å². The van der Waals surface area contributed by atoms with E-state index in [2.05, 4.69) is 0 Å². The summed E-state index contributed by atoms with van der Waals surface area (Å²) in [6, 6.07) is 16.0. The number of para-hydroxylation sites is 2. The van der Waals surface area contributed by atoms with Gasteiger partial charge in [0.05, 0.1) is 0 Å². The predicted molar refractivity (Wildman–Crippen MR) is 68.1 cm³/mol. The fourth-order valence-corrected chi connectivity index (χ4v) is 0.991. The largest absolute Gasteiger partial charge is 0.508 e. The summed E-state index contributed by atoms with van der Waals surface area (Å²) in [4.78, 5) is 8.00. The van der Waals surface area contributed by atoms with Crippen molar-refractivity contribution in [2.45, 2.75) is 6.92 Å². The molecule has 0 amide bonds. The van der Waals surface area contributed by atoms with Gasteiger partial charge in [-0.05, 0) is 30.7 Å². The first-order chi connectivity index (χ1) is 8.20. The minimum absolute atomic E-state index is 0.322. The van der Waals surface area contributed by atoms with Gasteiger partial charge in [0.15, 0.2) is 0 Å². The molecule has 0 aliphatic carbocycles. The lowest BCUT2D eigenvalue weighted by molar-refractivity contribution is -0.0979. The summed E-state index contributed by atoms with van der Waals surface area (Å²) in [6.45, 7) is 3.87. The number of hydrogen-bond acceptors (Lipinski definition) is 3. The van der Waals surface area contributed by atoms with Crippen LogP contribution in [-0.4, -0.2) is 17.0 Å². The van der Waals surface area contributed by atoms with Gasteiger partial charge in [-0.3, -0.25) is 0 Å². The molecule has 2 rings (SSSR count). The van der Waals surface area contributed by atoms with Crippen LogP contribution in [0.4, 0.5) is 0 Å². The van der Waals surface area contributed by atoms with Crippen LogP contribution in [0.5, 0.6) is 11.5 Å². The quantitative estimate of drug-likeness (QED) is 0.734. The second-order valence-electron chi connectivity index (χ2n) is 3.12. The Balaban J connectivity index is 0.000000265. The fourth-order valence-electron chi connectivity index (χ4n) is 0.991. The fraction of sp³-hybridized carbons (Fsp3) is 0.0714. The van der Waals surface area contributed by atoms with Crippen molar-refractivity contribution < 1.29 is 15.0 Å². The van der Waals surface area contributed by atoms with E-state index < -0.39 is 0 Å². The number of phenolic OH excluding ortho intramolecular Hbond substituents is 2. The molecule has 0 aliphatic heterocycles. The van der Waals surface area contributed by atoms with E-state index in [0.29, 0.717) is 11.5 Å². The maximum absolute atomic E-state index is 8.92. The zero-order chi connectivity index (χ0) is 13.1. The summed E-state index contributed by atoms with van der Waals surface area (Å²) in [5, 5.41) is 17.6. The van der Waals surface area contributed by atoms with Gasteiger partial charge < -0.3 is 15.0 Å². The van der Waals surface area contributed by atoms with Gasteiger partial charge in [-0.2, -0.15) is 0 Å². The first kappa shape index (κ1) is 14.7. The first-order valence-electron chi connectivity index (χ1n) is 4.97. The third kappa shape index (κ3) is 6.73. The lowest BCUT2D eigenvalue weighted by Gasteiger charge is -1.92. The Labute approximate surface area is 101 Å². The maximum Gasteiger partial charge on any atom is 0.118 e. The molecule has 2 aromatic carbocycles. The van der Waals surface area contributed by atoms with Gasteiger partial charge in [-0.15, -0.1) is 0 Å². The maximum atomic E-state index is 8.92. The number of aromatic hydroxyl groups is 2. The third-order valence-electron chi connectivity index (χ3n) is 1.87. The van der Waals surface area contributed by atoms with Crippen LogP contribution in [-0.2, 0) is 4.79 Å². The summed E-state index contributed by atoms with van der Waals surface area (Å²) in [5.74, 6) is 0.690. The Hall–Kier alpha value is -2.29. The zero-order valence-corrected chi connectivity index (χ0v) is 9.71. The highest BCUT2D eigenvalue weighted by Crippen LogP contribution is 2.12. The van der Waals surface area contributed by atoms with Gasteiger partial charge in [0, 0.05) is 0 Å². The van der Waals surface area contributed by atoms with Gasteiger partial charge in [-0.25, -0.2) is 0 Å². The van der Waals surface area contributed by atoms with Crippen molar-refractivity contribution in [1.29, 1.82) is 0 Å². The first-order valence-corrected chi connectivity index (χ1v) is 4.97. The lowest BCUT2D eigenvalue weighted by atomic mass is 10.2. The van der Waals surface area contributed by atoms with Crippen molar-refractivity contribution in [2.24, 2.45) is 0 Å². The topological polar surface area (TPSA) is 57.5 Å². The smallest absolute Gasteiger partial charge is 0.118 e. The van der Waals surface area contributed by atoms with E-state index in [1.807, 2.05) is 38.0 Å². The normalized spacial score (nSPS) is 8.06. The highest BCUT2D eigenvalue weighted by Gasteiger charge is 1.87. The predicted octanol–water partition coefficient (Wildman–Crippen LogP) is 2.91. The molecule has 2 aromatic rings. The Bertz CT molecular complexity index is 392. The van der Waals surface area contributed by atoms with E-state index in [4.69, 9.17) is 15.0 Å². The molecule has 0 radical (unpaired) electrons. The van der Waals surface area contributed by atoms with Gasteiger partial charge in [-0.1, -0.05) is 36.4 Å². The van der Waals surface area contributed by atoms with E-state index in [9.17, 15) is 0 Å². The minimum Gasteiger partial charge on any atom is -0.508 e. The highest BCUT2D eigenvalue weighted by atomic mass is 16.3. The number of phenols is 2. The van der Waals surface area contributed by atoms with Crippen LogP contribution in [0.25, 0.3) is 0 Å². The summed E-state index contributed by atoms with van der Waals surface area (Å²) in [6.07, 6.45) is 0. The van der Waals surface area contributed by atoms with E-state index in [1.165, 1.54) is 0 Å². The number of hydrogen-bond donors (Lipinski definition) is 2. The zero-order valence-electron chi connectivity index (χ0n) is 9.71. The van der Waals surface area contributed by atoms with E-state index in [1.54, 1.807) is 30.3 Å². The van der Waals surface area contributed by atoms with Crippen molar-refractivity contribution in [1.82, 2.24) is 0 Å². The molecule has 90 valence electrons. The SMILES string of the molecule is C=O.Cc1ccccc1O.Oc1ccccc1. The van der Waals surface area contributed by atoms with Gasteiger partial charge >= 0.3 is 0 Å². The monoisotopic (exact) mass is 232 g/mol. The van der Waals surface area contributed by atoms with Crippen LogP contribution in [0.1, 0.15) is 5.56 Å². The number of benzene rings is 2. The number of carbonyl (C=O) groups excluding carboxylic acids is 1. The van der Waals surface area contributed by atoms with Crippen LogP contribution in [0.2, 0.25) is 0 Å². The molecule has 17 heavy (non-hydrogen) atoms. The Morgan fingerprint density at radius 1 is 0.824 bits per heavy atom. The summed E-state index contributed by atoms with van der Waals surface area (Å²) >= 11 is 0. The average Bonchev–Trinajstić information content (AvgIpc) is 2.37. The molecule has 0 spiro atoms. The molecule has 0 heterocycles. The van der Waals surface area contributed by atoms with Gasteiger partial charge in [0.25, 0.3) is 0 Å². The van der Waals surface area contributed by atoms with Crippen LogP contribution in [0.15, 0.2) is 54.6 Å². The second-order valence-corrected chi connectivity index (χ2v) is 3.12. The van der Waals surface area contributed by atoms with Crippen molar-refractivity contribution in [3.8, 4) is 11.5 Å². The molecule has 0 saturated heterocycles. The molecule has 0 bridgehead atoms. The minimum atomic E-state index is 0.322. The lowest BCUT2D eigenvalue weighted by Crippen LogP contribution is -1.68. The Morgan fingerprint density at radius 3 is 1.59 bits per heavy atom. The molecule has 3 nitrogen and oxygen atoms in total. The molecule has 0 fully saturated rings. The molecular formula is C14H16O3. The summed E-state index contributed by atoms with van der Waals surface area (Å²) in [7, 11) is 0. The highest BCUT2D eigenvalue weighted by molar-refractivity contribution is 5.29. The summed E-state index contributed by atoms with van der Waals surface area (Å²) < 4.78 is 0. The van der Waals surface area contributed by atoms with E-state index in [0.717, 1.165) is 5.56 Å². The Morgan fingerprint density at radius 2 is 1.29 bits per heavy atom. The van der Waals surface area contributed by atoms with Crippen LogP contribution < -0.4 is 0 Å². The van der Waals surface area contributed by atoms with E-state index in [-0.39, 0.29) is 0 Å². The third-order valence-corrected chi connectivity index (χ3v) is 1.87. The molecule has 2 N–H and O–H groups in total. The molecule has 0 aliphatic rings. The Kier molecular flexibility index (Phi) is 7.76. The molecule has 3 heteroatoms. The molecule has 0 aromatic heterocycles. The number of aryl methyl sites for hydroxylation is 1. The molecular weight excluding hydrogens is 216 g/mol. The average molecular weight is 232 g/mol. The molecule has 0 unspecified atom stereocenters. The van der Waals surface area contributed by atoms with Gasteiger partial charge in [0.2, 0.25) is 0 Å². The standard InChI is InChI=1S/C7H8O.C6H6O.CH2O/c1-6-4-2-3-5-7(6)8;7-6-4-2-1-3-5-6;1-2/h2-5,8H,1H3;1-5,7H;1H2. The van der Waals surface area contributed by atoms with Crippen LogP contribution in [0, 0.1) is 6.92 Å². The second kappa shape index (κ2) is 8.97. The van der Waals surface area contributed by atoms with Crippen molar-refractivity contribution in [3.63, 3.8) is 0 Å². The van der Waals surface area contributed by atoms with Crippen molar-refractivity contribution >= 4 is 6.79 Å².